The van der Waals surface area contributed by atoms with E-state index >= 15 is 0 Å². The molecule has 0 aliphatic carbocycles. The molecule has 0 unspecified atom stereocenters. The van der Waals surface area contributed by atoms with Gasteiger partial charge in [0.25, 0.3) is 0 Å². The summed E-state index contributed by atoms with van der Waals surface area (Å²) in [6, 6.07) is 188. The van der Waals surface area contributed by atoms with Gasteiger partial charge >= 0.3 is 0 Å². The third-order valence-electron chi connectivity index (χ3n) is 25.9. The van der Waals surface area contributed by atoms with Crippen LogP contribution in [0.1, 0.15) is 0 Å². The molecule has 0 fully saturated rings. The van der Waals surface area contributed by atoms with Crippen molar-refractivity contribution in [3.63, 3.8) is 0 Å². The minimum atomic E-state index is -2.72. The Hall–Kier alpha value is -15.5. The summed E-state index contributed by atoms with van der Waals surface area (Å²) in [6.45, 7) is 0. The lowest BCUT2D eigenvalue weighted by Gasteiger charge is -2.35. The van der Waals surface area contributed by atoms with Gasteiger partial charge in [-0.2, -0.15) is 0 Å². The van der Waals surface area contributed by atoms with Gasteiger partial charge in [0, 0.05) is 97.0 Å². The second kappa shape index (κ2) is 33.2. The maximum absolute atomic E-state index is 2.72. The van der Waals surface area contributed by atoms with Gasteiger partial charge in [0.1, 0.15) is 0 Å². The quantitative estimate of drug-likeness (QED) is 0.0629. The molecule has 8 heteroatoms. The average Bonchev–Trinajstić information content (AvgIpc) is 0.963. The van der Waals surface area contributed by atoms with Gasteiger partial charge in [0.15, 0.2) is 16.1 Å². The van der Waals surface area contributed by atoms with Crippen LogP contribution in [0.3, 0.4) is 0 Å². The molecule has 4 heterocycles. The average molecular weight is 1700 g/mol. The predicted molar refractivity (Wildman–Crippen MR) is 555 cm³/mol. The Morgan fingerprint density at radius 1 is 0.188 bits per heavy atom. The molecule has 4 aromatic heterocycles. The Labute approximate surface area is 754 Å². The number of benzene rings is 20. The summed E-state index contributed by atoms with van der Waals surface area (Å²) < 4.78 is 9.94. The van der Waals surface area contributed by atoms with Crippen LogP contribution in [0.15, 0.2) is 510 Å². The van der Waals surface area contributed by atoms with Crippen molar-refractivity contribution in [1.29, 1.82) is 0 Å². The largest absolute Gasteiger partial charge is 0.310 e. The highest BCUT2D eigenvalue weighted by Crippen LogP contribution is 2.49. The lowest BCUT2D eigenvalue weighted by molar-refractivity contribution is 1.18. The molecule has 604 valence electrons. The molecule has 0 aliphatic rings. The van der Waals surface area contributed by atoms with Crippen molar-refractivity contribution >= 4 is 198 Å². The van der Waals surface area contributed by atoms with Gasteiger partial charge in [-0.3, -0.25) is 0 Å². The van der Waals surface area contributed by atoms with Crippen molar-refractivity contribution in [3.8, 4) is 33.6 Å². The van der Waals surface area contributed by atoms with E-state index in [1.165, 1.54) is 153 Å². The number of hydrogen-bond acceptors (Lipinski definition) is 4. The Morgan fingerprint density at radius 3 is 0.930 bits per heavy atom. The van der Waals surface area contributed by atoms with E-state index in [9.17, 15) is 0 Å². The molecule has 24 aromatic rings. The Balaban J connectivity index is 0.000000146. The van der Waals surface area contributed by atoms with E-state index < -0.39 is 16.1 Å². The molecule has 0 atom stereocenters. The van der Waals surface area contributed by atoms with Crippen molar-refractivity contribution in [2.45, 2.75) is 0 Å². The molecule has 4 nitrogen and oxygen atoms in total. The minimum Gasteiger partial charge on any atom is -0.310 e. The van der Waals surface area contributed by atoms with Gasteiger partial charge in [-0.1, -0.05) is 382 Å². The maximum Gasteiger partial charge on any atom is 0.179 e. The van der Waals surface area contributed by atoms with Crippen LogP contribution in [-0.2, 0) is 0 Å². The first-order valence-corrected chi connectivity index (χ1v) is 49.5. The number of thiophene rings is 2. The van der Waals surface area contributed by atoms with E-state index in [2.05, 4.69) is 529 Å². The van der Waals surface area contributed by atoms with Crippen LogP contribution in [-0.4, -0.2) is 25.3 Å². The Bertz CT molecular complexity index is 7970. The molecule has 0 spiro atoms. The molecule has 24 rings (SSSR count). The molecule has 0 radical (unpaired) electrons. The highest BCUT2D eigenvalue weighted by atomic mass is 32.1. The van der Waals surface area contributed by atoms with E-state index in [1.807, 2.05) is 22.7 Å². The van der Waals surface area contributed by atoms with Gasteiger partial charge < -0.3 is 18.9 Å². The monoisotopic (exact) mass is 1700 g/mol. The fourth-order valence-electron chi connectivity index (χ4n) is 20.3. The third kappa shape index (κ3) is 13.3. The number of rotatable bonds is 18. The van der Waals surface area contributed by atoms with Crippen LogP contribution in [0.4, 0.5) is 34.1 Å². The topological polar surface area (TPSA) is 16.3 Å². The molecule has 0 saturated heterocycles. The van der Waals surface area contributed by atoms with E-state index in [0.29, 0.717) is 0 Å². The van der Waals surface area contributed by atoms with Crippen LogP contribution in [0, 0.1) is 0 Å². The molecule has 0 saturated carbocycles. The number of fused-ring (bicyclic) bond motifs is 12. The lowest BCUT2D eigenvalue weighted by Crippen LogP contribution is -2.74. The molecular weight excluding hydrogens is 1620 g/mol. The summed E-state index contributed by atoms with van der Waals surface area (Å²) in [5.74, 6) is 0. The van der Waals surface area contributed by atoms with Gasteiger partial charge in [0.2, 0.25) is 0 Å². The SMILES string of the molecule is c1ccc(-n2c3ccccc3c3c(-c4cccc(N(c5ccc([Si](c6ccccc6)(c6ccccc6)c6ccccc6)cc5)c5ccc6c(c5)sc5ccccc56)c4)cccc32)cc1.c1ccc(-n2c3ccccc3c3c(-c4cccc(N(c5ccc([Si](c6ccccc6)(c6ccccc6)c6ccccc6)cc5)c5cccc6c5sc5ccccc56)c4)cccc32)cc1. The summed E-state index contributed by atoms with van der Waals surface area (Å²) in [6.07, 6.45) is 0. The van der Waals surface area contributed by atoms with Crippen LogP contribution < -0.4 is 51.3 Å². The summed E-state index contributed by atoms with van der Waals surface area (Å²) in [5, 5.41) is 21.0. The normalized spacial score (nSPS) is 11.8. The first kappa shape index (κ1) is 77.3. The van der Waals surface area contributed by atoms with Crippen molar-refractivity contribution < 1.29 is 0 Å². The smallest absolute Gasteiger partial charge is 0.179 e. The molecule has 0 aliphatic heterocycles. The van der Waals surface area contributed by atoms with Gasteiger partial charge in [-0.05, 0) is 191 Å². The van der Waals surface area contributed by atoms with Crippen LogP contribution in [0.2, 0.25) is 0 Å². The molecular formula is C120H84N4S2Si2. The molecule has 0 amide bonds. The van der Waals surface area contributed by atoms with Crippen molar-refractivity contribution in [1.82, 2.24) is 9.13 Å². The first-order chi connectivity index (χ1) is 63.5. The zero-order valence-corrected chi connectivity index (χ0v) is 73.7. The molecule has 128 heavy (non-hydrogen) atoms. The lowest BCUT2D eigenvalue weighted by atomic mass is 9.98. The maximum atomic E-state index is 2.48. The van der Waals surface area contributed by atoms with Crippen LogP contribution >= 0.6 is 22.7 Å². The zero-order valence-electron chi connectivity index (χ0n) is 70.1. The zero-order chi connectivity index (χ0) is 84.9. The molecule has 0 bridgehead atoms. The summed E-state index contributed by atoms with van der Waals surface area (Å²) in [5.41, 5.74) is 18.6. The number of hydrogen-bond donors (Lipinski definition) is 0. The van der Waals surface area contributed by atoms with Crippen LogP contribution in [0.5, 0.6) is 0 Å². The molecule has 20 aromatic carbocycles. The van der Waals surface area contributed by atoms with Gasteiger partial charge in [0.05, 0.1) is 32.5 Å². The van der Waals surface area contributed by atoms with E-state index in [1.54, 1.807) is 0 Å². The fourth-order valence-corrected chi connectivity index (χ4v) is 32.2. The number of para-hydroxylation sites is 4. The first-order valence-electron chi connectivity index (χ1n) is 43.9. The Morgan fingerprint density at radius 2 is 0.492 bits per heavy atom. The van der Waals surface area contributed by atoms with E-state index in [4.69, 9.17) is 0 Å². The second-order valence-electron chi connectivity index (χ2n) is 32.9. The highest BCUT2D eigenvalue weighted by Gasteiger charge is 2.43. The molecule has 0 N–H and O–H groups in total. The van der Waals surface area contributed by atoms with Gasteiger partial charge in [-0.25, -0.2) is 0 Å². The third-order valence-corrected chi connectivity index (χ3v) is 37.8. The van der Waals surface area contributed by atoms with E-state index in [0.717, 1.165) is 39.8 Å². The Kier molecular flexibility index (Phi) is 20.0. The standard InChI is InChI=1S/2C60H42N2SSi/c1-5-21-44(22-6-1)62-55-34-15-13-31-54(55)59-51(32-18-35-56(59)62)43-20-17-23-46(42-43)61(57-36-19-33-53-52-30-14-16-37-58(52)63-60(53)57)45-38-40-50(41-39-45)64(47-24-7-2-8-25-47,48-26-9-3-10-27-48)49-28-11-4-12-29-49;1-5-20-44(21-6-1)62-56-32-15-13-30-55(56)60-52(31-18-33-57(60)62)43-19-17-22-46(41-43)61(47-37-40-54-53-29-14-16-34-58(53)63-59(54)42-47)45-35-38-51(39-36-45)64(48-23-7-2-8-24-48,49-25-9-3-10-26-49)50-27-11-4-12-28-50/h2*1-42H. The van der Waals surface area contributed by atoms with Crippen molar-refractivity contribution in [2.75, 3.05) is 9.80 Å². The van der Waals surface area contributed by atoms with Crippen LogP contribution in [0.25, 0.3) is 118 Å². The predicted octanol–water partition coefficient (Wildman–Crippen LogP) is 27.3. The van der Waals surface area contributed by atoms with Crippen molar-refractivity contribution in [2.24, 2.45) is 0 Å². The summed E-state index contributed by atoms with van der Waals surface area (Å²) >= 11 is 3.73. The van der Waals surface area contributed by atoms with Gasteiger partial charge in [-0.15, -0.1) is 22.7 Å². The van der Waals surface area contributed by atoms with Crippen molar-refractivity contribution in [3.05, 3.63) is 510 Å². The van der Waals surface area contributed by atoms with E-state index in [-0.39, 0.29) is 0 Å². The second-order valence-corrected chi connectivity index (χ2v) is 42.6. The summed E-state index contributed by atoms with van der Waals surface area (Å²) in [7, 11) is -5.44. The fraction of sp³-hybridized carbons (Fsp3) is 0. The summed E-state index contributed by atoms with van der Waals surface area (Å²) in [4.78, 5) is 4.93. The number of nitrogens with zero attached hydrogens (tertiary/aromatic N) is 4. The highest BCUT2D eigenvalue weighted by molar-refractivity contribution is 7.26. The minimum absolute atomic E-state index is 1.10. The number of anilines is 6. The number of aromatic nitrogens is 2.